The SMILES string of the molecule is COc1cc(/C=C/C(=O)N(CCCN(C)C)c2nc3c(C)ccc(C)c3s2)cc(OC)c1OC. The monoisotopic (exact) mass is 483 g/mol. The van der Waals surface area contributed by atoms with Gasteiger partial charge in [0.15, 0.2) is 16.6 Å². The van der Waals surface area contributed by atoms with E-state index in [1.807, 2.05) is 33.2 Å². The van der Waals surface area contributed by atoms with Crippen LogP contribution in [0.4, 0.5) is 5.13 Å². The van der Waals surface area contributed by atoms with Crippen molar-refractivity contribution in [2.75, 3.05) is 53.4 Å². The molecule has 0 N–H and O–H groups in total. The predicted molar refractivity (Wildman–Crippen MR) is 140 cm³/mol. The van der Waals surface area contributed by atoms with E-state index in [1.54, 1.807) is 49.7 Å². The van der Waals surface area contributed by atoms with Gasteiger partial charge in [0.25, 0.3) is 5.91 Å². The molecular weight excluding hydrogens is 450 g/mol. The Morgan fingerprint density at radius 1 is 1.00 bits per heavy atom. The van der Waals surface area contributed by atoms with Crippen LogP contribution in [0.5, 0.6) is 17.2 Å². The maximum Gasteiger partial charge on any atom is 0.252 e. The zero-order chi connectivity index (χ0) is 24.8. The van der Waals surface area contributed by atoms with Crippen LogP contribution in [-0.4, -0.2) is 64.3 Å². The lowest BCUT2D eigenvalue weighted by Gasteiger charge is -2.19. The van der Waals surface area contributed by atoms with Crippen LogP contribution in [0.2, 0.25) is 0 Å². The highest BCUT2D eigenvalue weighted by atomic mass is 32.1. The Morgan fingerprint density at radius 3 is 2.21 bits per heavy atom. The number of fused-ring (bicyclic) bond motifs is 1. The standard InChI is InChI=1S/C26H33N3O4S/c1-17-9-10-18(2)25-23(17)27-26(34-25)29(14-8-13-28(3)4)22(30)12-11-19-15-20(31-5)24(33-7)21(16-19)32-6/h9-12,15-16H,8,13-14H2,1-7H3/b12-11+. The number of hydrogen-bond donors (Lipinski definition) is 0. The summed E-state index contributed by atoms with van der Waals surface area (Å²) in [6.45, 7) is 5.58. The fraction of sp³-hybridized carbons (Fsp3) is 0.385. The zero-order valence-corrected chi connectivity index (χ0v) is 21.8. The molecule has 0 aliphatic heterocycles. The molecular formula is C26H33N3O4S. The van der Waals surface area contributed by atoms with Gasteiger partial charge in [-0.05, 0) is 75.8 Å². The van der Waals surface area contributed by atoms with E-state index in [9.17, 15) is 4.79 Å². The number of anilines is 1. The number of nitrogens with zero attached hydrogens (tertiary/aromatic N) is 3. The number of carbonyl (C=O) groups is 1. The number of methoxy groups -OCH3 is 3. The summed E-state index contributed by atoms with van der Waals surface area (Å²) >= 11 is 1.56. The Hall–Kier alpha value is -3.10. The fourth-order valence-corrected chi connectivity index (χ4v) is 4.81. The third-order valence-corrected chi connectivity index (χ3v) is 6.73. The van der Waals surface area contributed by atoms with Gasteiger partial charge in [-0.1, -0.05) is 23.5 Å². The van der Waals surface area contributed by atoms with Gasteiger partial charge in [0, 0.05) is 12.6 Å². The van der Waals surface area contributed by atoms with Gasteiger partial charge >= 0.3 is 0 Å². The maximum absolute atomic E-state index is 13.4. The molecule has 0 saturated carbocycles. The van der Waals surface area contributed by atoms with Crippen molar-refractivity contribution in [3.05, 3.63) is 47.0 Å². The Kier molecular flexibility index (Phi) is 8.52. The number of thiazole rings is 1. The van der Waals surface area contributed by atoms with Gasteiger partial charge in [0.2, 0.25) is 5.75 Å². The van der Waals surface area contributed by atoms with E-state index in [1.165, 1.54) is 0 Å². The average Bonchev–Trinajstić information content (AvgIpc) is 3.28. The van der Waals surface area contributed by atoms with Crippen molar-refractivity contribution in [2.45, 2.75) is 20.3 Å². The molecule has 0 bridgehead atoms. The largest absolute Gasteiger partial charge is 0.493 e. The molecule has 1 aromatic heterocycles. The number of carbonyl (C=O) groups excluding carboxylic acids is 1. The molecule has 2 aromatic carbocycles. The first-order chi connectivity index (χ1) is 16.3. The summed E-state index contributed by atoms with van der Waals surface area (Å²) in [7, 11) is 8.76. The summed E-state index contributed by atoms with van der Waals surface area (Å²) in [5.41, 5.74) is 4.00. The number of benzene rings is 2. The van der Waals surface area contributed by atoms with E-state index in [0.29, 0.717) is 28.9 Å². The highest BCUT2D eigenvalue weighted by Gasteiger charge is 2.19. The lowest BCUT2D eigenvalue weighted by Crippen LogP contribution is -2.32. The molecule has 3 aromatic rings. The fourth-order valence-electron chi connectivity index (χ4n) is 3.66. The van der Waals surface area contributed by atoms with Crippen molar-refractivity contribution in [3.63, 3.8) is 0 Å². The van der Waals surface area contributed by atoms with Gasteiger partial charge in [0.1, 0.15) is 0 Å². The molecule has 0 unspecified atom stereocenters. The second-order valence-electron chi connectivity index (χ2n) is 8.31. The van der Waals surface area contributed by atoms with Crippen LogP contribution >= 0.6 is 11.3 Å². The smallest absolute Gasteiger partial charge is 0.252 e. The molecule has 182 valence electrons. The van der Waals surface area contributed by atoms with Crippen LogP contribution in [0.1, 0.15) is 23.1 Å². The molecule has 0 radical (unpaired) electrons. The van der Waals surface area contributed by atoms with Crippen molar-refractivity contribution >= 4 is 38.7 Å². The molecule has 0 aliphatic rings. The predicted octanol–water partition coefficient (Wildman–Crippen LogP) is 4.94. The Morgan fingerprint density at radius 2 is 1.65 bits per heavy atom. The Balaban J connectivity index is 1.94. The molecule has 0 spiro atoms. The first-order valence-electron chi connectivity index (χ1n) is 11.1. The summed E-state index contributed by atoms with van der Waals surface area (Å²) in [5.74, 6) is 1.46. The highest BCUT2D eigenvalue weighted by Crippen LogP contribution is 2.38. The first kappa shape index (κ1) is 25.5. The molecule has 1 heterocycles. The maximum atomic E-state index is 13.4. The zero-order valence-electron chi connectivity index (χ0n) is 21.0. The normalized spacial score (nSPS) is 11.4. The Bertz CT molecular complexity index is 1120. The number of ether oxygens (including phenoxy) is 3. The van der Waals surface area contributed by atoms with Crippen molar-refractivity contribution < 1.29 is 19.0 Å². The van der Waals surface area contributed by atoms with Crippen molar-refractivity contribution in [1.82, 2.24) is 9.88 Å². The lowest BCUT2D eigenvalue weighted by molar-refractivity contribution is -0.114. The summed E-state index contributed by atoms with van der Waals surface area (Å²) < 4.78 is 17.4. The van der Waals surface area contributed by atoms with Crippen molar-refractivity contribution in [2.24, 2.45) is 0 Å². The van der Waals surface area contributed by atoms with Crippen molar-refractivity contribution in [3.8, 4) is 17.2 Å². The van der Waals surface area contributed by atoms with Gasteiger partial charge in [-0.2, -0.15) is 0 Å². The van der Waals surface area contributed by atoms with Crippen LogP contribution in [0.3, 0.4) is 0 Å². The summed E-state index contributed by atoms with van der Waals surface area (Å²) in [4.78, 5) is 22.1. The van der Waals surface area contributed by atoms with E-state index in [2.05, 4.69) is 24.0 Å². The first-order valence-corrected chi connectivity index (χ1v) is 11.9. The second-order valence-corrected chi connectivity index (χ2v) is 9.29. The van der Waals surface area contributed by atoms with Gasteiger partial charge in [0.05, 0.1) is 31.5 Å². The minimum Gasteiger partial charge on any atom is -0.493 e. The van der Waals surface area contributed by atoms with Gasteiger partial charge in [-0.15, -0.1) is 0 Å². The summed E-state index contributed by atoms with van der Waals surface area (Å²) in [6, 6.07) is 7.80. The topological polar surface area (TPSA) is 64.1 Å². The molecule has 8 heteroatoms. The number of amides is 1. The summed E-state index contributed by atoms with van der Waals surface area (Å²) in [5, 5.41) is 0.714. The van der Waals surface area contributed by atoms with Gasteiger partial charge in [-0.25, -0.2) is 4.98 Å². The third-order valence-electron chi connectivity index (χ3n) is 5.52. The minimum atomic E-state index is -0.123. The second kappa shape index (κ2) is 11.4. The van der Waals surface area contributed by atoms with Crippen LogP contribution in [0.15, 0.2) is 30.3 Å². The van der Waals surface area contributed by atoms with Crippen LogP contribution in [0.25, 0.3) is 16.3 Å². The molecule has 0 saturated heterocycles. The average molecular weight is 484 g/mol. The van der Waals surface area contributed by atoms with E-state index >= 15 is 0 Å². The third kappa shape index (κ3) is 5.69. The van der Waals surface area contributed by atoms with Gasteiger partial charge < -0.3 is 19.1 Å². The molecule has 34 heavy (non-hydrogen) atoms. The van der Waals surface area contributed by atoms with Crippen LogP contribution in [-0.2, 0) is 4.79 Å². The number of rotatable bonds is 10. The van der Waals surface area contributed by atoms with E-state index in [-0.39, 0.29) is 5.91 Å². The number of aromatic nitrogens is 1. The van der Waals surface area contributed by atoms with Crippen LogP contribution in [0, 0.1) is 13.8 Å². The highest BCUT2D eigenvalue weighted by molar-refractivity contribution is 7.22. The number of hydrogen-bond acceptors (Lipinski definition) is 7. The van der Waals surface area contributed by atoms with Gasteiger partial charge in [-0.3, -0.25) is 9.69 Å². The van der Waals surface area contributed by atoms with E-state index in [4.69, 9.17) is 19.2 Å². The molecule has 0 fully saturated rings. The molecule has 1 amide bonds. The summed E-state index contributed by atoms with van der Waals surface area (Å²) in [6.07, 6.45) is 4.17. The van der Waals surface area contributed by atoms with E-state index < -0.39 is 0 Å². The van der Waals surface area contributed by atoms with Crippen LogP contribution < -0.4 is 19.1 Å². The molecule has 3 rings (SSSR count). The quantitative estimate of drug-likeness (QED) is 0.381. The van der Waals surface area contributed by atoms with E-state index in [0.717, 1.165) is 39.9 Å². The molecule has 0 aliphatic carbocycles. The molecule has 0 atom stereocenters. The number of aryl methyl sites for hydroxylation is 2. The Labute approximate surface area is 205 Å². The van der Waals surface area contributed by atoms with Crippen molar-refractivity contribution in [1.29, 1.82) is 0 Å². The minimum absolute atomic E-state index is 0.123. The molecule has 7 nitrogen and oxygen atoms in total. The lowest BCUT2D eigenvalue weighted by atomic mass is 10.1.